The number of aromatic nitrogens is 2. The molecule has 0 aliphatic carbocycles. The maximum atomic E-state index is 6.42. The molecule has 5 heteroatoms. The Morgan fingerprint density at radius 2 is 1.61 bits per heavy atom. The highest BCUT2D eigenvalue weighted by Crippen LogP contribution is 2.30. The molecule has 0 radical (unpaired) electrons. The first-order valence-corrected chi connectivity index (χ1v) is 10.4. The van der Waals surface area contributed by atoms with Crippen molar-refractivity contribution in [2.24, 2.45) is 0 Å². The zero-order valence-electron chi connectivity index (χ0n) is 14.9. The van der Waals surface area contributed by atoms with E-state index in [9.17, 15) is 0 Å². The summed E-state index contributed by atoms with van der Waals surface area (Å²) >= 11 is 16.0. The lowest BCUT2D eigenvalue weighted by atomic mass is 10.1. The average molecular weight is 472 g/mol. The van der Waals surface area contributed by atoms with Gasteiger partial charge in [0.05, 0.1) is 10.7 Å². The van der Waals surface area contributed by atoms with Crippen LogP contribution in [-0.4, -0.2) is 9.55 Å². The molecule has 0 aliphatic heterocycles. The molecule has 0 saturated heterocycles. The summed E-state index contributed by atoms with van der Waals surface area (Å²) in [7, 11) is 0. The molecule has 4 aromatic rings. The molecule has 0 spiro atoms. The normalized spacial score (nSPS) is 11.0. The first-order chi connectivity index (χ1) is 13.6. The van der Waals surface area contributed by atoms with Crippen LogP contribution in [0, 0.1) is 0 Å². The van der Waals surface area contributed by atoms with Gasteiger partial charge in [-0.25, -0.2) is 4.98 Å². The third-order valence-corrected chi connectivity index (χ3v) is 5.61. The third kappa shape index (κ3) is 4.49. The topological polar surface area (TPSA) is 17.8 Å². The monoisotopic (exact) mass is 470 g/mol. The van der Waals surface area contributed by atoms with E-state index in [2.05, 4.69) is 75.2 Å². The maximum absolute atomic E-state index is 6.42. The minimum Gasteiger partial charge on any atom is -0.330 e. The van der Waals surface area contributed by atoms with Gasteiger partial charge in [0.15, 0.2) is 0 Å². The molecule has 0 aliphatic rings. The van der Waals surface area contributed by atoms with Crippen LogP contribution in [0.1, 0.15) is 17.0 Å². The quantitative estimate of drug-likeness (QED) is 0.299. The highest BCUT2D eigenvalue weighted by Gasteiger charge is 2.13. The van der Waals surface area contributed by atoms with Crippen LogP contribution in [0.15, 0.2) is 83.5 Å². The van der Waals surface area contributed by atoms with Gasteiger partial charge in [0, 0.05) is 34.2 Å². The number of halogens is 3. The predicted octanol–water partition coefficient (Wildman–Crippen LogP) is 7.26. The largest absolute Gasteiger partial charge is 0.330 e. The van der Waals surface area contributed by atoms with Crippen LogP contribution in [0.5, 0.6) is 0 Å². The molecule has 28 heavy (non-hydrogen) atoms. The summed E-state index contributed by atoms with van der Waals surface area (Å²) in [5, 5.41) is 1.22. The number of nitrogens with zero attached hydrogens (tertiary/aromatic N) is 2. The van der Waals surface area contributed by atoms with Crippen molar-refractivity contribution in [3.05, 3.63) is 110 Å². The van der Waals surface area contributed by atoms with Crippen molar-refractivity contribution in [1.29, 1.82) is 0 Å². The lowest BCUT2D eigenvalue weighted by molar-refractivity contribution is 0.740. The molecule has 2 nitrogen and oxygen atoms in total. The Morgan fingerprint density at radius 1 is 0.857 bits per heavy atom. The van der Waals surface area contributed by atoms with Crippen LogP contribution in [0.2, 0.25) is 10.0 Å². The molecule has 3 aromatic carbocycles. The van der Waals surface area contributed by atoms with E-state index in [-0.39, 0.29) is 0 Å². The van der Waals surface area contributed by atoms with E-state index in [0.29, 0.717) is 10.0 Å². The van der Waals surface area contributed by atoms with Crippen molar-refractivity contribution in [2.75, 3.05) is 0 Å². The van der Waals surface area contributed by atoms with Crippen molar-refractivity contribution in [3.8, 4) is 11.3 Å². The van der Waals surface area contributed by atoms with Crippen LogP contribution in [0.4, 0.5) is 0 Å². The van der Waals surface area contributed by atoms with E-state index in [1.165, 1.54) is 11.1 Å². The molecular weight excluding hydrogens is 455 g/mol. The third-order valence-electron chi connectivity index (χ3n) is 4.54. The van der Waals surface area contributed by atoms with Crippen molar-refractivity contribution in [1.82, 2.24) is 9.55 Å². The Bertz CT molecular complexity index is 1090. The molecule has 0 bridgehead atoms. The Balaban J connectivity index is 1.73. The van der Waals surface area contributed by atoms with E-state index in [0.717, 1.165) is 34.5 Å². The number of imidazole rings is 1. The van der Waals surface area contributed by atoms with Crippen molar-refractivity contribution < 1.29 is 0 Å². The summed E-state index contributed by atoms with van der Waals surface area (Å²) in [4.78, 5) is 4.91. The van der Waals surface area contributed by atoms with Crippen LogP contribution in [0.3, 0.4) is 0 Å². The fourth-order valence-electron chi connectivity index (χ4n) is 3.12. The zero-order chi connectivity index (χ0) is 19.5. The average Bonchev–Trinajstić information content (AvgIpc) is 3.06. The van der Waals surface area contributed by atoms with E-state index in [4.69, 9.17) is 28.2 Å². The van der Waals surface area contributed by atoms with Gasteiger partial charge >= 0.3 is 0 Å². The molecule has 1 aromatic heterocycles. The summed E-state index contributed by atoms with van der Waals surface area (Å²) in [6.45, 7) is 0.755. The summed E-state index contributed by atoms with van der Waals surface area (Å²) in [6.07, 6.45) is 2.81. The highest BCUT2D eigenvalue weighted by atomic mass is 79.9. The zero-order valence-corrected chi connectivity index (χ0v) is 18.0. The number of hydrogen-bond donors (Lipinski definition) is 0. The van der Waals surface area contributed by atoms with Gasteiger partial charge in [-0.15, -0.1) is 0 Å². The van der Waals surface area contributed by atoms with Gasteiger partial charge in [0.1, 0.15) is 5.82 Å². The first kappa shape index (κ1) is 19.3. The van der Waals surface area contributed by atoms with E-state index >= 15 is 0 Å². The van der Waals surface area contributed by atoms with Gasteiger partial charge in [-0.05, 0) is 41.5 Å². The van der Waals surface area contributed by atoms with Gasteiger partial charge < -0.3 is 4.57 Å². The molecule has 1 heterocycles. The molecule has 0 N–H and O–H groups in total. The second-order valence-electron chi connectivity index (χ2n) is 6.58. The molecule has 0 unspecified atom stereocenters. The summed E-state index contributed by atoms with van der Waals surface area (Å²) < 4.78 is 3.26. The molecule has 140 valence electrons. The van der Waals surface area contributed by atoms with Crippen molar-refractivity contribution in [3.63, 3.8) is 0 Å². The van der Waals surface area contributed by atoms with Crippen molar-refractivity contribution in [2.45, 2.75) is 13.0 Å². The van der Waals surface area contributed by atoms with Gasteiger partial charge in [-0.1, -0.05) is 81.6 Å². The molecule has 0 atom stereocenters. The maximum Gasteiger partial charge on any atom is 0.114 e. The Morgan fingerprint density at radius 3 is 2.32 bits per heavy atom. The summed E-state index contributed by atoms with van der Waals surface area (Å²) in [6, 6.07) is 24.2. The Hall–Kier alpha value is -2.07. The van der Waals surface area contributed by atoms with Crippen LogP contribution in [-0.2, 0) is 13.0 Å². The Labute approximate surface area is 182 Å². The van der Waals surface area contributed by atoms with Gasteiger partial charge in [-0.3, -0.25) is 0 Å². The smallest absolute Gasteiger partial charge is 0.114 e. The molecular formula is C23H17BrCl2N2. The fraction of sp³-hybridized carbons (Fsp3) is 0.0870. The van der Waals surface area contributed by atoms with Gasteiger partial charge in [0.25, 0.3) is 0 Å². The molecule has 0 fully saturated rings. The second-order valence-corrected chi connectivity index (χ2v) is 8.34. The van der Waals surface area contributed by atoms with Crippen LogP contribution < -0.4 is 0 Å². The minimum atomic E-state index is 0.604. The molecule has 0 amide bonds. The molecule has 0 saturated carbocycles. The lowest BCUT2D eigenvalue weighted by Crippen LogP contribution is -2.05. The predicted molar refractivity (Wildman–Crippen MR) is 120 cm³/mol. The van der Waals surface area contributed by atoms with Crippen molar-refractivity contribution >= 4 is 39.1 Å². The molecule has 4 rings (SSSR count). The lowest BCUT2D eigenvalue weighted by Gasteiger charge is -2.08. The fourth-order valence-corrected chi connectivity index (χ4v) is 3.89. The van der Waals surface area contributed by atoms with E-state index in [1.54, 1.807) is 6.07 Å². The van der Waals surface area contributed by atoms with Crippen LogP contribution in [0.25, 0.3) is 11.3 Å². The second kappa shape index (κ2) is 8.52. The number of benzene rings is 3. The van der Waals surface area contributed by atoms with E-state index < -0.39 is 0 Å². The first-order valence-electron chi connectivity index (χ1n) is 8.88. The summed E-state index contributed by atoms with van der Waals surface area (Å²) in [5.74, 6) is 0.993. The van der Waals surface area contributed by atoms with Gasteiger partial charge in [0.2, 0.25) is 0 Å². The van der Waals surface area contributed by atoms with Gasteiger partial charge in [-0.2, -0.15) is 0 Å². The van der Waals surface area contributed by atoms with Crippen LogP contribution >= 0.6 is 39.1 Å². The standard InChI is InChI=1S/C23H17BrCl2N2/c24-18-8-6-16(7-9-18)12-23-27-22(20-11-10-19(25)13-21(20)26)15-28(23)14-17-4-2-1-3-5-17/h1-11,13,15H,12,14H2. The minimum absolute atomic E-state index is 0.604. The SMILES string of the molecule is Clc1ccc(-c2cn(Cc3ccccc3)c(Cc3ccc(Br)cc3)n2)c(Cl)c1. The number of rotatable bonds is 5. The summed E-state index contributed by atoms with van der Waals surface area (Å²) in [5.41, 5.74) is 4.17. The Kier molecular flexibility index (Phi) is 5.86. The number of hydrogen-bond acceptors (Lipinski definition) is 1. The van der Waals surface area contributed by atoms with E-state index in [1.807, 2.05) is 18.2 Å². The highest BCUT2D eigenvalue weighted by molar-refractivity contribution is 9.10.